The molecule has 5 nitrogen and oxygen atoms in total. The van der Waals surface area contributed by atoms with Gasteiger partial charge in [0.05, 0.1) is 5.41 Å². The van der Waals surface area contributed by atoms with E-state index in [9.17, 15) is 19.5 Å². The fourth-order valence-corrected chi connectivity index (χ4v) is 7.86. The van der Waals surface area contributed by atoms with Crippen molar-refractivity contribution in [3.05, 3.63) is 0 Å². The van der Waals surface area contributed by atoms with Crippen molar-refractivity contribution in [1.29, 1.82) is 0 Å². The SMILES string of the molecule is CC(=O)OC1CCC2(C)C(CCC3C2CC(=O)C2(C)C3CCC2(O)C(C)=O)C1. The standard InChI is InChI=1S/C23H34O5/c1-13(24)23(27)10-8-18-17-6-5-15-11-16(28-14(2)25)7-9-21(15,3)19(17)12-20(26)22(18,23)4/h15-19,27H,5-12H2,1-4H3. The van der Waals surface area contributed by atoms with Crippen LogP contribution in [0.2, 0.25) is 0 Å². The first-order valence-electron chi connectivity index (χ1n) is 11.0. The summed E-state index contributed by atoms with van der Waals surface area (Å²) in [7, 11) is 0. The van der Waals surface area contributed by atoms with Crippen LogP contribution in [0.3, 0.4) is 0 Å². The molecule has 0 spiro atoms. The molecule has 4 rings (SSSR count). The summed E-state index contributed by atoms with van der Waals surface area (Å²) < 4.78 is 5.50. The fraction of sp³-hybridized carbons (Fsp3) is 0.870. The van der Waals surface area contributed by atoms with Crippen LogP contribution in [-0.2, 0) is 19.1 Å². The second-order valence-electron chi connectivity index (χ2n) is 10.4. The first kappa shape index (κ1) is 20.1. The molecular formula is C23H34O5. The molecule has 28 heavy (non-hydrogen) atoms. The summed E-state index contributed by atoms with van der Waals surface area (Å²) in [6.07, 6.45) is 6.50. The molecular weight excluding hydrogens is 356 g/mol. The van der Waals surface area contributed by atoms with E-state index in [2.05, 4.69) is 6.92 Å². The Kier molecular flexibility index (Phi) is 4.57. The zero-order valence-corrected chi connectivity index (χ0v) is 17.6. The van der Waals surface area contributed by atoms with Crippen molar-refractivity contribution < 1.29 is 24.2 Å². The summed E-state index contributed by atoms with van der Waals surface area (Å²) >= 11 is 0. The average molecular weight is 391 g/mol. The van der Waals surface area contributed by atoms with Gasteiger partial charge in [-0.15, -0.1) is 0 Å². The van der Waals surface area contributed by atoms with E-state index in [4.69, 9.17) is 4.74 Å². The summed E-state index contributed by atoms with van der Waals surface area (Å²) in [6, 6.07) is 0. The van der Waals surface area contributed by atoms with Gasteiger partial charge in [-0.1, -0.05) is 6.92 Å². The van der Waals surface area contributed by atoms with Crippen molar-refractivity contribution in [3.63, 3.8) is 0 Å². The fourth-order valence-electron chi connectivity index (χ4n) is 7.86. The van der Waals surface area contributed by atoms with Crippen LogP contribution < -0.4 is 0 Å². The lowest BCUT2D eigenvalue weighted by Crippen LogP contribution is -2.62. The van der Waals surface area contributed by atoms with Crippen LogP contribution in [0.1, 0.15) is 79.1 Å². The number of hydrogen-bond donors (Lipinski definition) is 1. The third-order valence-electron chi connectivity index (χ3n) is 9.53. The van der Waals surface area contributed by atoms with E-state index in [1.165, 1.54) is 13.8 Å². The van der Waals surface area contributed by atoms with Crippen molar-refractivity contribution in [2.75, 3.05) is 0 Å². The van der Waals surface area contributed by atoms with E-state index in [0.717, 1.165) is 38.5 Å². The Balaban J connectivity index is 1.62. The molecule has 4 saturated carbocycles. The molecule has 5 heteroatoms. The maximum absolute atomic E-state index is 13.4. The first-order chi connectivity index (χ1) is 13.0. The van der Waals surface area contributed by atoms with E-state index in [1.807, 2.05) is 6.92 Å². The number of rotatable bonds is 2. The lowest BCUT2D eigenvalue weighted by molar-refractivity contribution is -0.181. The van der Waals surface area contributed by atoms with Crippen molar-refractivity contribution in [2.24, 2.45) is 34.5 Å². The number of carbonyl (C=O) groups is 3. The monoisotopic (exact) mass is 390 g/mol. The maximum Gasteiger partial charge on any atom is 0.302 e. The number of hydrogen-bond acceptors (Lipinski definition) is 5. The Morgan fingerprint density at radius 3 is 2.39 bits per heavy atom. The third-order valence-corrected chi connectivity index (χ3v) is 9.53. The molecule has 8 unspecified atom stereocenters. The predicted molar refractivity (Wildman–Crippen MR) is 103 cm³/mol. The van der Waals surface area contributed by atoms with Crippen LogP contribution in [0.15, 0.2) is 0 Å². The molecule has 0 heterocycles. The predicted octanol–water partition coefficient (Wildman–Crippen LogP) is 3.46. The summed E-state index contributed by atoms with van der Waals surface area (Å²) in [4.78, 5) is 37.1. The highest BCUT2D eigenvalue weighted by atomic mass is 16.5. The van der Waals surface area contributed by atoms with Gasteiger partial charge in [-0.05, 0) is 87.9 Å². The van der Waals surface area contributed by atoms with Crippen molar-refractivity contribution in [1.82, 2.24) is 0 Å². The normalized spacial score (nSPS) is 50.3. The zero-order valence-electron chi connectivity index (χ0n) is 17.6. The number of esters is 1. The average Bonchev–Trinajstić information content (AvgIpc) is 2.90. The number of ketones is 2. The molecule has 0 aromatic rings. The molecule has 156 valence electrons. The Morgan fingerprint density at radius 1 is 1.04 bits per heavy atom. The van der Waals surface area contributed by atoms with Crippen LogP contribution >= 0.6 is 0 Å². The summed E-state index contributed by atoms with van der Waals surface area (Å²) in [6.45, 7) is 7.10. The summed E-state index contributed by atoms with van der Waals surface area (Å²) in [5.74, 6) is 0.880. The van der Waals surface area contributed by atoms with Gasteiger partial charge in [0, 0.05) is 13.3 Å². The molecule has 0 radical (unpaired) electrons. The summed E-state index contributed by atoms with van der Waals surface area (Å²) in [5.41, 5.74) is -2.35. The lowest BCUT2D eigenvalue weighted by Gasteiger charge is -2.60. The topological polar surface area (TPSA) is 80.7 Å². The highest BCUT2D eigenvalue weighted by Gasteiger charge is 2.69. The van der Waals surface area contributed by atoms with Crippen LogP contribution in [-0.4, -0.2) is 34.3 Å². The van der Waals surface area contributed by atoms with E-state index < -0.39 is 11.0 Å². The Labute approximate surface area is 167 Å². The zero-order chi connectivity index (χ0) is 20.5. The number of aliphatic hydroxyl groups is 1. The third kappa shape index (κ3) is 2.50. The Hall–Kier alpha value is -1.23. The molecule has 4 aliphatic rings. The van der Waals surface area contributed by atoms with Crippen molar-refractivity contribution in [3.8, 4) is 0 Å². The van der Waals surface area contributed by atoms with Crippen molar-refractivity contribution >= 4 is 17.5 Å². The Morgan fingerprint density at radius 2 is 1.75 bits per heavy atom. The second kappa shape index (κ2) is 6.38. The van der Waals surface area contributed by atoms with Gasteiger partial charge >= 0.3 is 5.97 Å². The molecule has 0 aromatic heterocycles. The highest BCUT2D eigenvalue weighted by molar-refractivity contribution is 5.97. The summed E-state index contributed by atoms with van der Waals surface area (Å²) in [5, 5.41) is 11.2. The smallest absolute Gasteiger partial charge is 0.302 e. The minimum Gasteiger partial charge on any atom is -0.463 e. The van der Waals surface area contributed by atoms with Crippen LogP contribution in [0.25, 0.3) is 0 Å². The largest absolute Gasteiger partial charge is 0.463 e. The molecule has 0 amide bonds. The minimum absolute atomic E-state index is 0.00553. The van der Waals surface area contributed by atoms with Gasteiger partial charge in [0.2, 0.25) is 0 Å². The van der Waals surface area contributed by atoms with Crippen LogP contribution in [0.5, 0.6) is 0 Å². The lowest BCUT2D eigenvalue weighted by atomic mass is 9.44. The number of fused-ring (bicyclic) bond motifs is 5. The molecule has 4 aliphatic carbocycles. The molecule has 0 saturated heterocycles. The molecule has 8 atom stereocenters. The van der Waals surface area contributed by atoms with E-state index in [-0.39, 0.29) is 35.0 Å². The quantitative estimate of drug-likeness (QED) is 0.730. The van der Waals surface area contributed by atoms with E-state index in [1.54, 1.807) is 0 Å². The Bertz CT molecular complexity index is 716. The molecule has 1 N–H and O–H groups in total. The molecule has 0 aliphatic heterocycles. The minimum atomic E-state index is -1.50. The molecule has 0 bridgehead atoms. The van der Waals surface area contributed by atoms with Gasteiger partial charge in [-0.3, -0.25) is 14.4 Å². The van der Waals surface area contributed by atoms with Gasteiger partial charge in [0.1, 0.15) is 17.5 Å². The van der Waals surface area contributed by atoms with Gasteiger partial charge in [-0.2, -0.15) is 0 Å². The second-order valence-corrected chi connectivity index (χ2v) is 10.4. The molecule has 4 fully saturated rings. The van der Waals surface area contributed by atoms with Gasteiger partial charge in [-0.25, -0.2) is 0 Å². The van der Waals surface area contributed by atoms with Gasteiger partial charge in [0.15, 0.2) is 5.78 Å². The van der Waals surface area contributed by atoms with Gasteiger partial charge in [0.25, 0.3) is 0 Å². The van der Waals surface area contributed by atoms with Gasteiger partial charge < -0.3 is 9.84 Å². The number of carbonyl (C=O) groups excluding carboxylic acids is 3. The van der Waals surface area contributed by atoms with Crippen molar-refractivity contribution in [2.45, 2.75) is 90.8 Å². The molecule has 0 aromatic carbocycles. The van der Waals surface area contributed by atoms with Crippen LogP contribution in [0, 0.1) is 34.5 Å². The van der Waals surface area contributed by atoms with E-state index >= 15 is 0 Å². The van der Waals surface area contributed by atoms with Crippen LogP contribution in [0.4, 0.5) is 0 Å². The van der Waals surface area contributed by atoms with E-state index in [0.29, 0.717) is 30.6 Å². The maximum atomic E-state index is 13.4. The highest BCUT2D eigenvalue weighted by Crippen LogP contribution is 2.67. The number of ether oxygens (including phenoxy) is 1. The first-order valence-corrected chi connectivity index (χ1v) is 11.0. The number of Topliss-reactive ketones (excluding diaryl/α,β-unsaturated/α-hetero) is 2.